The van der Waals surface area contributed by atoms with E-state index in [9.17, 15) is 4.79 Å². The molecule has 0 unspecified atom stereocenters. The molecule has 0 bridgehead atoms. The van der Waals surface area contributed by atoms with Crippen molar-refractivity contribution >= 4 is 34.7 Å². The fourth-order valence-corrected chi connectivity index (χ4v) is 7.06. The van der Waals surface area contributed by atoms with Gasteiger partial charge in [0.2, 0.25) is 5.79 Å². The lowest BCUT2D eigenvalue weighted by Gasteiger charge is -2.37. The first-order chi connectivity index (χ1) is 23.9. The van der Waals surface area contributed by atoms with Gasteiger partial charge in [0, 0.05) is 48.1 Å². The summed E-state index contributed by atoms with van der Waals surface area (Å²) < 4.78 is 22.1. The second kappa shape index (κ2) is 14.7. The van der Waals surface area contributed by atoms with Gasteiger partial charge in [0.1, 0.15) is 31.1 Å². The van der Waals surface area contributed by atoms with Crippen LogP contribution < -0.4 is 20.2 Å². The van der Waals surface area contributed by atoms with Crippen molar-refractivity contribution in [3.8, 4) is 11.4 Å². The SMILES string of the molecule is CC[C@@H](C)n1ncn(-c2ccc(N3CCN(c4ccc(OC[C@@H]5CO[C@@](CSc6ncn[nH]6)(c6ccc(Cl)cc6)O5)cc4)CC3)cc2)c1=O. The molecule has 0 saturated carbocycles. The number of rotatable bonds is 12. The zero-order valence-corrected chi connectivity index (χ0v) is 29.0. The first-order valence-electron chi connectivity index (χ1n) is 16.5. The van der Waals surface area contributed by atoms with E-state index >= 15 is 0 Å². The molecule has 4 heterocycles. The molecule has 0 aliphatic carbocycles. The van der Waals surface area contributed by atoms with E-state index in [0.29, 0.717) is 29.1 Å². The van der Waals surface area contributed by atoms with Crippen LogP contribution in [0.5, 0.6) is 5.75 Å². The van der Waals surface area contributed by atoms with Crippen molar-refractivity contribution in [2.45, 2.75) is 43.4 Å². The van der Waals surface area contributed by atoms with E-state index in [0.717, 1.165) is 61.0 Å². The number of anilines is 2. The number of ether oxygens (including phenoxy) is 3. The maximum absolute atomic E-state index is 12.8. The Balaban J connectivity index is 0.910. The van der Waals surface area contributed by atoms with Crippen molar-refractivity contribution in [1.82, 2.24) is 29.5 Å². The molecule has 12 nitrogen and oxygen atoms in total. The van der Waals surface area contributed by atoms with Gasteiger partial charge in [-0.25, -0.2) is 19.0 Å². The summed E-state index contributed by atoms with van der Waals surface area (Å²) in [5, 5.41) is 12.5. The normalized spacial score (nSPS) is 20.1. The Labute approximate surface area is 293 Å². The van der Waals surface area contributed by atoms with E-state index in [1.165, 1.54) is 18.1 Å². The highest BCUT2D eigenvalue weighted by atomic mass is 35.5. The van der Waals surface area contributed by atoms with Crippen LogP contribution in [0.4, 0.5) is 11.4 Å². The molecule has 2 fully saturated rings. The summed E-state index contributed by atoms with van der Waals surface area (Å²) in [5.74, 6) is 0.306. The fraction of sp³-hybridized carbons (Fsp3) is 0.371. The standard InChI is InChI=1S/C35H39ClN8O4S/c1-3-25(2)44-34(45)43(24-39-44)30-10-8-28(9-11-30)41-16-18-42(19-17-41)29-12-14-31(15-13-29)46-20-32-21-47-35(48-32,22-49-33-37-23-38-40-33)26-4-6-27(36)7-5-26/h4-15,23-25,32H,3,16-22H2,1-2H3,(H,37,38,40)/t25-,32-,35-/m1/s1. The predicted molar refractivity (Wildman–Crippen MR) is 190 cm³/mol. The Kier molecular flexibility index (Phi) is 9.94. The lowest BCUT2D eigenvalue weighted by atomic mass is 10.1. The highest BCUT2D eigenvalue weighted by molar-refractivity contribution is 7.99. The summed E-state index contributed by atoms with van der Waals surface area (Å²) >= 11 is 7.63. The molecule has 2 aromatic heterocycles. The molecule has 256 valence electrons. The minimum absolute atomic E-state index is 0.0682. The molecule has 5 aromatic rings. The lowest BCUT2D eigenvalue weighted by Crippen LogP contribution is -2.46. The first-order valence-corrected chi connectivity index (χ1v) is 17.8. The number of halogens is 1. The Morgan fingerprint density at radius 3 is 2.27 bits per heavy atom. The van der Waals surface area contributed by atoms with Gasteiger partial charge in [-0.05, 0) is 74.0 Å². The second-order valence-corrected chi connectivity index (χ2v) is 13.6. The van der Waals surface area contributed by atoms with Crippen LogP contribution in [0, 0.1) is 0 Å². The van der Waals surface area contributed by atoms with E-state index in [1.807, 2.05) is 55.5 Å². The Morgan fingerprint density at radius 2 is 1.63 bits per heavy atom. The quantitative estimate of drug-likeness (QED) is 0.166. The molecule has 49 heavy (non-hydrogen) atoms. The van der Waals surface area contributed by atoms with Gasteiger partial charge < -0.3 is 24.0 Å². The molecule has 0 amide bonds. The van der Waals surface area contributed by atoms with E-state index in [4.69, 9.17) is 25.8 Å². The molecule has 0 radical (unpaired) electrons. The van der Waals surface area contributed by atoms with Crippen molar-refractivity contribution in [2.24, 2.45) is 0 Å². The van der Waals surface area contributed by atoms with Gasteiger partial charge in [-0.1, -0.05) is 42.4 Å². The molecule has 3 atom stereocenters. The molecule has 14 heteroatoms. The third-order valence-corrected chi connectivity index (χ3v) is 10.3. The molecule has 2 saturated heterocycles. The number of nitrogens with zero attached hydrogens (tertiary/aromatic N) is 7. The number of aromatic nitrogens is 6. The number of hydrogen-bond donors (Lipinski definition) is 1. The van der Waals surface area contributed by atoms with Gasteiger partial charge >= 0.3 is 5.69 Å². The smallest absolute Gasteiger partial charge is 0.350 e. The highest BCUT2D eigenvalue weighted by Crippen LogP contribution is 2.39. The number of H-pyrrole nitrogens is 1. The summed E-state index contributed by atoms with van der Waals surface area (Å²) in [6.45, 7) is 8.39. The van der Waals surface area contributed by atoms with Crippen molar-refractivity contribution in [2.75, 3.05) is 54.9 Å². The third kappa shape index (κ3) is 7.35. The van der Waals surface area contributed by atoms with Crippen molar-refractivity contribution < 1.29 is 14.2 Å². The molecular weight excluding hydrogens is 664 g/mol. The van der Waals surface area contributed by atoms with Crippen LogP contribution in [0.1, 0.15) is 31.9 Å². The Hall–Kier alpha value is -4.30. The van der Waals surface area contributed by atoms with Crippen LogP contribution in [0.2, 0.25) is 5.02 Å². The van der Waals surface area contributed by atoms with E-state index in [2.05, 4.69) is 61.3 Å². The first kappa shape index (κ1) is 33.2. The summed E-state index contributed by atoms with van der Waals surface area (Å²) in [6, 6.07) is 24.0. The second-order valence-electron chi connectivity index (χ2n) is 12.2. The summed E-state index contributed by atoms with van der Waals surface area (Å²) in [4.78, 5) is 21.8. The molecular formula is C35H39ClN8O4S. The summed E-state index contributed by atoms with van der Waals surface area (Å²) in [7, 11) is 0. The third-order valence-electron chi connectivity index (χ3n) is 9.05. The summed E-state index contributed by atoms with van der Waals surface area (Å²) in [5.41, 5.74) is 3.89. The fourth-order valence-electron chi connectivity index (χ4n) is 6.05. The predicted octanol–water partition coefficient (Wildman–Crippen LogP) is 5.54. The number of piperazine rings is 1. The highest BCUT2D eigenvalue weighted by Gasteiger charge is 2.44. The Bertz CT molecular complexity index is 1860. The largest absolute Gasteiger partial charge is 0.491 e. The van der Waals surface area contributed by atoms with Crippen LogP contribution in [-0.4, -0.2) is 80.8 Å². The van der Waals surface area contributed by atoms with Crippen molar-refractivity contribution in [3.05, 3.63) is 107 Å². The molecule has 7 rings (SSSR count). The maximum Gasteiger partial charge on any atom is 0.350 e. The van der Waals surface area contributed by atoms with Gasteiger partial charge in [-0.3, -0.25) is 5.10 Å². The van der Waals surface area contributed by atoms with E-state index < -0.39 is 5.79 Å². The number of thioether (sulfide) groups is 1. The van der Waals surface area contributed by atoms with Gasteiger partial charge in [0.25, 0.3) is 0 Å². The number of aromatic amines is 1. The molecule has 2 aliphatic heterocycles. The van der Waals surface area contributed by atoms with Crippen molar-refractivity contribution in [1.29, 1.82) is 0 Å². The molecule has 3 aromatic carbocycles. The Morgan fingerprint density at radius 1 is 0.980 bits per heavy atom. The molecule has 1 N–H and O–H groups in total. The topological polar surface area (TPSA) is 116 Å². The van der Waals surface area contributed by atoms with Gasteiger partial charge in [0.05, 0.1) is 24.1 Å². The lowest BCUT2D eigenvalue weighted by molar-refractivity contribution is -0.160. The summed E-state index contributed by atoms with van der Waals surface area (Å²) in [6.07, 6.45) is 3.68. The van der Waals surface area contributed by atoms with E-state index in [1.54, 1.807) is 15.6 Å². The minimum Gasteiger partial charge on any atom is -0.491 e. The molecule has 2 aliphatic rings. The van der Waals surface area contributed by atoms with Crippen LogP contribution >= 0.6 is 23.4 Å². The van der Waals surface area contributed by atoms with E-state index in [-0.39, 0.29) is 17.8 Å². The average Bonchev–Trinajstić information content (AvgIpc) is 3.91. The van der Waals surface area contributed by atoms with Crippen LogP contribution in [0.25, 0.3) is 5.69 Å². The van der Waals surface area contributed by atoms with Crippen molar-refractivity contribution in [3.63, 3.8) is 0 Å². The monoisotopic (exact) mass is 702 g/mol. The number of hydrogen-bond acceptors (Lipinski definition) is 10. The maximum atomic E-state index is 12.8. The molecule has 0 spiro atoms. The zero-order valence-electron chi connectivity index (χ0n) is 27.4. The van der Waals surface area contributed by atoms with Crippen LogP contribution in [0.15, 0.2) is 95.4 Å². The van der Waals surface area contributed by atoms with Gasteiger partial charge in [0.15, 0.2) is 5.16 Å². The average molecular weight is 703 g/mol. The number of benzene rings is 3. The van der Waals surface area contributed by atoms with Crippen LogP contribution in [0.3, 0.4) is 0 Å². The minimum atomic E-state index is -0.957. The van der Waals surface area contributed by atoms with Gasteiger partial charge in [-0.15, -0.1) is 0 Å². The van der Waals surface area contributed by atoms with Crippen LogP contribution in [-0.2, 0) is 15.3 Å². The number of nitrogens with one attached hydrogen (secondary N) is 1. The zero-order chi connectivity index (χ0) is 33.8. The van der Waals surface area contributed by atoms with Gasteiger partial charge in [-0.2, -0.15) is 10.2 Å².